The van der Waals surface area contributed by atoms with E-state index >= 15 is 0 Å². The van der Waals surface area contributed by atoms with Crippen LogP contribution in [0.2, 0.25) is 0 Å². The highest BCUT2D eigenvalue weighted by Crippen LogP contribution is 2.19. The Balaban J connectivity index is 2.08. The molecular weight excluding hydrogens is 276 g/mol. The van der Waals surface area contributed by atoms with E-state index in [1.54, 1.807) is 6.92 Å². The van der Waals surface area contributed by atoms with Gasteiger partial charge in [0.25, 0.3) is 0 Å². The van der Waals surface area contributed by atoms with Crippen molar-refractivity contribution in [2.75, 3.05) is 5.75 Å². The van der Waals surface area contributed by atoms with Gasteiger partial charge in [-0.2, -0.15) is 0 Å². The summed E-state index contributed by atoms with van der Waals surface area (Å²) < 4.78 is 25.9. The van der Waals surface area contributed by atoms with Crippen LogP contribution in [-0.2, 0) is 21.2 Å². The molecule has 0 spiro atoms. The molecule has 6 heteroatoms. The molecule has 1 aromatic rings. The molecule has 0 heterocycles. The molecule has 20 heavy (non-hydrogen) atoms. The van der Waals surface area contributed by atoms with Crippen molar-refractivity contribution in [3.63, 3.8) is 0 Å². The molecule has 0 radical (unpaired) electrons. The summed E-state index contributed by atoms with van der Waals surface area (Å²) in [6.07, 6.45) is 2.31. The second-order valence-corrected chi connectivity index (χ2v) is 7.09. The van der Waals surface area contributed by atoms with Crippen LogP contribution >= 0.6 is 0 Å². The maximum Gasteiger partial charge on any atom is 0.238 e. The van der Waals surface area contributed by atoms with E-state index < -0.39 is 16.1 Å². The average Bonchev–Trinajstić information content (AvgIpc) is 3.23. The number of sulfonamides is 1. The average molecular weight is 296 g/mol. The van der Waals surface area contributed by atoms with Crippen molar-refractivity contribution < 1.29 is 13.2 Å². The summed E-state index contributed by atoms with van der Waals surface area (Å²) in [5, 5.41) is 2.85. The summed E-state index contributed by atoms with van der Waals surface area (Å²) in [5.41, 5.74) is 0.933. The minimum Gasteiger partial charge on any atom is -0.352 e. The zero-order chi connectivity index (χ0) is 14.6. The first-order chi connectivity index (χ1) is 9.50. The summed E-state index contributed by atoms with van der Waals surface area (Å²) in [5.74, 6) is -0.275. The minimum atomic E-state index is -3.41. The van der Waals surface area contributed by atoms with Crippen LogP contribution < -0.4 is 10.0 Å². The van der Waals surface area contributed by atoms with Gasteiger partial charge in [-0.1, -0.05) is 30.3 Å². The molecule has 0 aromatic heterocycles. The summed E-state index contributed by atoms with van der Waals surface area (Å²) in [6, 6.07) is 8.88. The van der Waals surface area contributed by atoms with E-state index in [-0.39, 0.29) is 17.7 Å². The van der Waals surface area contributed by atoms with E-state index in [9.17, 15) is 13.2 Å². The highest BCUT2D eigenvalue weighted by atomic mass is 32.2. The third kappa shape index (κ3) is 4.61. The van der Waals surface area contributed by atoms with Crippen LogP contribution in [0.3, 0.4) is 0 Å². The van der Waals surface area contributed by atoms with E-state index in [1.807, 2.05) is 30.3 Å². The number of rotatable bonds is 7. The first-order valence-electron chi connectivity index (χ1n) is 6.84. The van der Waals surface area contributed by atoms with E-state index in [4.69, 9.17) is 0 Å². The lowest BCUT2D eigenvalue weighted by Gasteiger charge is -2.18. The summed E-state index contributed by atoms with van der Waals surface area (Å²) in [7, 11) is -3.41. The highest BCUT2D eigenvalue weighted by molar-refractivity contribution is 7.89. The Labute approximate surface area is 119 Å². The highest BCUT2D eigenvalue weighted by Gasteiger charge is 2.29. The molecule has 2 rings (SSSR count). The predicted octanol–water partition coefficient (Wildman–Crippen LogP) is 0.816. The summed E-state index contributed by atoms with van der Waals surface area (Å²) >= 11 is 0. The molecule has 0 saturated heterocycles. The molecule has 1 aromatic carbocycles. The Morgan fingerprint density at radius 1 is 1.30 bits per heavy atom. The quantitative estimate of drug-likeness (QED) is 0.782. The Morgan fingerprint density at radius 2 is 1.95 bits per heavy atom. The Kier molecular flexibility index (Phi) is 4.77. The van der Waals surface area contributed by atoms with Gasteiger partial charge in [0.15, 0.2) is 0 Å². The molecule has 1 aliphatic rings. The molecule has 1 unspecified atom stereocenters. The monoisotopic (exact) mass is 296 g/mol. The number of hydrogen-bond acceptors (Lipinski definition) is 3. The van der Waals surface area contributed by atoms with Crippen molar-refractivity contribution in [1.82, 2.24) is 10.0 Å². The van der Waals surface area contributed by atoms with Gasteiger partial charge in [0.1, 0.15) is 6.04 Å². The van der Waals surface area contributed by atoms with Gasteiger partial charge in [-0.3, -0.25) is 4.79 Å². The van der Waals surface area contributed by atoms with Crippen LogP contribution in [0, 0.1) is 0 Å². The first kappa shape index (κ1) is 15.0. The molecule has 0 aliphatic heterocycles. The van der Waals surface area contributed by atoms with Gasteiger partial charge in [-0.05, 0) is 31.7 Å². The maximum atomic E-state index is 12.2. The SMILES string of the molecule is CCS(=O)(=O)NC(Cc1ccccc1)C(=O)NC1CC1. The van der Waals surface area contributed by atoms with Crippen molar-refractivity contribution in [1.29, 1.82) is 0 Å². The molecule has 5 nitrogen and oxygen atoms in total. The van der Waals surface area contributed by atoms with Gasteiger partial charge in [0.2, 0.25) is 15.9 Å². The van der Waals surface area contributed by atoms with Crippen molar-refractivity contribution in [2.45, 2.75) is 38.3 Å². The molecule has 0 bridgehead atoms. The second-order valence-electron chi connectivity index (χ2n) is 5.05. The minimum absolute atomic E-state index is 0.0327. The smallest absolute Gasteiger partial charge is 0.238 e. The number of carbonyl (C=O) groups excluding carboxylic acids is 1. The number of benzene rings is 1. The fraction of sp³-hybridized carbons (Fsp3) is 0.500. The van der Waals surface area contributed by atoms with Crippen molar-refractivity contribution in [2.24, 2.45) is 0 Å². The van der Waals surface area contributed by atoms with E-state index in [0.717, 1.165) is 18.4 Å². The Hall–Kier alpha value is -1.40. The fourth-order valence-corrected chi connectivity index (χ4v) is 2.66. The van der Waals surface area contributed by atoms with Crippen LogP contribution in [0.1, 0.15) is 25.3 Å². The maximum absolute atomic E-state index is 12.2. The topological polar surface area (TPSA) is 75.3 Å². The largest absolute Gasteiger partial charge is 0.352 e. The first-order valence-corrected chi connectivity index (χ1v) is 8.49. The van der Waals surface area contributed by atoms with Gasteiger partial charge < -0.3 is 5.32 Å². The van der Waals surface area contributed by atoms with Crippen LogP contribution in [0.4, 0.5) is 0 Å². The number of amides is 1. The number of nitrogens with one attached hydrogen (secondary N) is 2. The normalized spacial score (nSPS) is 16.6. The lowest BCUT2D eigenvalue weighted by Crippen LogP contribution is -2.48. The molecular formula is C14H20N2O3S. The van der Waals surface area contributed by atoms with Crippen LogP contribution in [-0.4, -0.2) is 32.2 Å². The van der Waals surface area contributed by atoms with Crippen molar-refractivity contribution >= 4 is 15.9 Å². The van der Waals surface area contributed by atoms with Crippen LogP contribution in [0.25, 0.3) is 0 Å². The predicted molar refractivity (Wildman–Crippen MR) is 77.7 cm³/mol. The summed E-state index contributed by atoms with van der Waals surface area (Å²) in [4.78, 5) is 12.2. The zero-order valence-electron chi connectivity index (χ0n) is 11.5. The Bertz CT molecular complexity index is 553. The Morgan fingerprint density at radius 3 is 2.50 bits per heavy atom. The number of hydrogen-bond donors (Lipinski definition) is 2. The third-order valence-corrected chi connectivity index (χ3v) is 4.63. The molecule has 1 saturated carbocycles. The standard InChI is InChI=1S/C14H20N2O3S/c1-2-20(18,19)16-13(14(17)15-12-8-9-12)10-11-6-4-3-5-7-11/h3-7,12-13,16H,2,8-10H2,1H3,(H,15,17). The lowest BCUT2D eigenvalue weighted by molar-refractivity contribution is -0.122. The van der Waals surface area contributed by atoms with Gasteiger partial charge in [-0.15, -0.1) is 0 Å². The molecule has 2 N–H and O–H groups in total. The molecule has 1 atom stereocenters. The molecule has 110 valence electrons. The van der Waals surface area contributed by atoms with Crippen LogP contribution in [0.15, 0.2) is 30.3 Å². The lowest BCUT2D eigenvalue weighted by atomic mass is 10.1. The van der Waals surface area contributed by atoms with Gasteiger partial charge >= 0.3 is 0 Å². The molecule has 1 aliphatic carbocycles. The zero-order valence-corrected chi connectivity index (χ0v) is 12.3. The van der Waals surface area contributed by atoms with E-state index in [0.29, 0.717) is 6.42 Å². The van der Waals surface area contributed by atoms with E-state index in [1.165, 1.54) is 0 Å². The third-order valence-electron chi connectivity index (χ3n) is 3.22. The molecule has 1 amide bonds. The number of carbonyl (C=O) groups is 1. The van der Waals surface area contributed by atoms with Crippen molar-refractivity contribution in [3.8, 4) is 0 Å². The van der Waals surface area contributed by atoms with Crippen molar-refractivity contribution in [3.05, 3.63) is 35.9 Å². The second kappa shape index (κ2) is 6.37. The van der Waals surface area contributed by atoms with Crippen LogP contribution in [0.5, 0.6) is 0 Å². The van der Waals surface area contributed by atoms with Gasteiger partial charge in [0.05, 0.1) is 5.75 Å². The van der Waals surface area contributed by atoms with Gasteiger partial charge in [-0.25, -0.2) is 13.1 Å². The fourth-order valence-electron chi connectivity index (χ4n) is 1.87. The summed E-state index contributed by atoms with van der Waals surface area (Å²) in [6.45, 7) is 1.56. The van der Waals surface area contributed by atoms with E-state index in [2.05, 4.69) is 10.0 Å². The molecule has 1 fully saturated rings. The van der Waals surface area contributed by atoms with Gasteiger partial charge in [0, 0.05) is 6.04 Å².